The fourth-order valence-corrected chi connectivity index (χ4v) is 2.64. The number of nitrogens with one attached hydrogen (secondary N) is 1. The van der Waals surface area contributed by atoms with Crippen LogP contribution in [-0.2, 0) is 27.2 Å². The quantitative estimate of drug-likeness (QED) is 0.335. The molecule has 0 aliphatic rings. The first-order valence-corrected chi connectivity index (χ1v) is 12.8. The van der Waals surface area contributed by atoms with Crippen molar-refractivity contribution in [1.82, 2.24) is 19.1 Å². The Labute approximate surface area is 219 Å². The summed E-state index contributed by atoms with van der Waals surface area (Å²) >= 11 is 0. The van der Waals surface area contributed by atoms with Crippen LogP contribution < -0.4 is 4.90 Å². The van der Waals surface area contributed by atoms with Crippen LogP contribution in [0, 0.1) is 17.0 Å². The summed E-state index contributed by atoms with van der Waals surface area (Å²) in [6.07, 6.45) is 3.48. The fourth-order valence-electron chi connectivity index (χ4n) is 2.64. The molecule has 0 radical (unpaired) electrons. The van der Waals surface area contributed by atoms with Crippen molar-refractivity contribution in [2.24, 2.45) is 14.1 Å². The van der Waals surface area contributed by atoms with Crippen molar-refractivity contribution in [3.8, 4) is 0 Å². The van der Waals surface area contributed by atoms with Gasteiger partial charge in [-0.05, 0) is 58.4 Å². The predicted octanol–water partition coefficient (Wildman–Crippen LogP) is 2.57. The van der Waals surface area contributed by atoms with E-state index in [2.05, 4.69) is 105 Å². The van der Waals surface area contributed by atoms with Crippen LogP contribution in [0.1, 0.15) is 58.8 Å². The molecule has 2 aromatic rings. The Bertz CT molecular complexity index is 934. The summed E-state index contributed by atoms with van der Waals surface area (Å²) in [4.78, 5) is 20.0. The van der Waals surface area contributed by atoms with E-state index < -0.39 is 4.92 Å². The van der Waals surface area contributed by atoms with Gasteiger partial charge in [0.05, 0.1) is 72.3 Å². The Morgan fingerprint density at radius 1 is 0.944 bits per heavy atom. The van der Waals surface area contributed by atoms with Gasteiger partial charge in [-0.15, -0.1) is 0 Å². The van der Waals surface area contributed by atoms with Crippen LogP contribution in [0.3, 0.4) is 0 Å². The van der Waals surface area contributed by atoms with Gasteiger partial charge in [-0.2, -0.15) is 0 Å². The second-order valence-electron chi connectivity index (χ2n) is 12.0. The molecule has 208 valence electrons. The summed E-state index contributed by atoms with van der Waals surface area (Å²) in [7, 11) is 16.8. The first kappa shape index (κ1) is 33.7. The molecule has 36 heavy (non-hydrogen) atoms. The van der Waals surface area contributed by atoms with Crippen molar-refractivity contribution in [1.29, 1.82) is 0 Å². The molecule has 0 aliphatic carbocycles. The molecule has 0 aliphatic heterocycles. The first-order valence-electron chi connectivity index (χ1n) is 12.8. The van der Waals surface area contributed by atoms with Crippen molar-refractivity contribution >= 4 is 5.82 Å². The van der Waals surface area contributed by atoms with Gasteiger partial charge in [0, 0.05) is 14.1 Å². The second-order valence-corrected chi connectivity index (χ2v) is 12.0. The average molecular weight is 512 g/mol. The van der Waals surface area contributed by atoms with E-state index in [1.165, 1.54) is 16.9 Å². The van der Waals surface area contributed by atoms with Crippen LogP contribution in [0.15, 0.2) is 12.5 Å². The zero-order valence-corrected chi connectivity index (χ0v) is 25.7. The molecule has 10 nitrogen and oxygen atoms in total. The summed E-state index contributed by atoms with van der Waals surface area (Å²) in [6.45, 7) is 16.8. The van der Waals surface area contributed by atoms with Crippen LogP contribution in [0.4, 0.5) is 5.82 Å². The fraction of sp³-hybridized carbons (Fsp3) is 0.769. The number of hydrogen-bond donors (Lipinski definition) is 1. The van der Waals surface area contributed by atoms with E-state index in [1.54, 1.807) is 11.6 Å². The lowest BCUT2D eigenvalue weighted by Crippen LogP contribution is -3.09. The SMILES string of the molecule is CC(C)[N+](C)(C)Cc1c([N+](=O)[O-])ncn1C.CC(C)[NH+](C)C.Cc1ncc(C[N+](C)(C)C(C)C)n1C. The maximum atomic E-state index is 10.8. The third-order valence-corrected chi connectivity index (χ3v) is 7.60. The maximum Gasteiger partial charge on any atom is 0.390 e. The number of aromatic nitrogens is 4. The van der Waals surface area contributed by atoms with Gasteiger partial charge < -0.3 is 33.1 Å². The van der Waals surface area contributed by atoms with Gasteiger partial charge in [0.25, 0.3) is 0 Å². The van der Waals surface area contributed by atoms with Gasteiger partial charge in [-0.25, -0.2) is 4.98 Å². The summed E-state index contributed by atoms with van der Waals surface area (Å²) in [5, 5.41) is 10.8. The zero-order chi connectivity index (χ0) is 28.6. The summed E-state index contributed by atoms with van der Waals surface area (Å²) in [5.41, 5.74) is 1.98. The number of hydrogen-bond acceptors (Lipinski definition) is 4. The molecule has 2 heterocycles. The Morgan fingerprint density at radius 2 is 1.39 bits per heavy atom. The lowest BCUT2D eigenvalue weighted by Gasteiger charge is -2.34. The molecule has 0 saturated carbocycles. The minimum absolute atomic E-state index is 0.0330. The van der Waals surface area contributed by atoms with Gasteiger partial charge in [-0.3, -0.25) is 0 Å². The molecule has 0 bridgehead atoms. The number of aryl methyl sites for hydroxylation is 2. The van der Waals surface area contributed by atoms with E-state index in [0.717, 1.165) is 22.9 Å². The minimum atomic E-state index is -0.421. The van der Waals surface area contributed by atoms with E-state index >= 15 is 0 Å². The highest BCUT2D eigenvalue weighted by Crippen LogP contribution is 2.21. The Kier molecular flexibility index (Phi) is 13.0. The van der Waals surface area contributed by atoms with Gasteiger partial charge >= 0.3 is 5.82 Å². The highest BCUT2D eigenvalue weighted by Gasteiger charge is 2.29. The van der Waals surface area contributed by atoms with Gasteiger partial charge in [-0.1, -0.05) is 0 Å². The number of imidazole rings is 2. The number of quaternary nitrogens is 3. The summed E-state index contributed by atoms with van der Waals surface area (Å²) < 4.78 is 5.59. The lowest BCUT2D eigenvalue weighted by molar-refractivity contribution is -0.924. The highest BCUT2D eigenvalue weighted by molar-refractivity contribution is 5.26. The van der Waals surface area contributed by atoms with Crippen LogP contribution in [0.25, 0.3) is 0 Å². The molecule has 0 saturated heterocycles. The molecule has 10 heteroatoms. The molecule has 2 rings (SSSR count). The van der Waals surface area contributed by atoms with Crippen molar-refractivity contribution in [2.45, 2.75) is 79.7 Å². The molecule has 0 amide bonds. The second kappa shape index (κ2) is 13.9. The molecular weight excluding hydrogens is 456 g/mol. The number of nitro groups is 1. The van der Waals surface area contributed by atoms with Crippen LogP contribution in [-0.4, -0.2) is 93.4 Å². The largest absolute Gasteiger partial charge is 0.390 e. The van der Waals surface area contributed by atoms with E-state index in [-0.39, 0.29) is 5.82 Å². The van der Waals surface area contributed by atoms with E-state index in [4.69, 9.17) is 0 Å². The van der Waals surface area contributed by atoms with E-state index in [1.807, 2.05) is 13.1 Å². The molecule has 0 unspecified atom stereocenters. The maximum absolute atomic E-state index is 10.8. The van der Waals surface area contributed by atoms with Crippen molar-refractivity contribution in [3.05, 3.63) is 39.9 Å². The standard InChI is InChI=1S/C11H22N3.C10H19N4O2.C5H13N/c1-9(2)14(5,6)8-11-7-12-10(3)13(11)4;1-8(2)14(4,5)6-9-10(13(15)16)11-7-12(9)3;1-5(2)6(3)4/h7,9H,8H2,1-6H3;7-8H,6H2,1-5H3;5H,1-4H3/q2*+1;/p+1. The number of nitrogens with zero attached hydrogens (tertiary/aromatic N) is 7. The first-order chi connectivity index (χ1) is 16.2. The van der Waals surface area contributed by atoms with Gasteiger partial charge in [0.15, 0.2) is 5.69 Å². The third-order valence-electron chi connectivity index (χ3n) is 7.60. The third kappa shape index (κ3) is 10.4. The molecule has 0 fully saturated rings. The molecule has 0 aromatic carbocycles. The van der Waals surface area contributed by atoms with Gasteiger partial charge in [0.1, 0.15) is 18.9 Å². The number of rotatable bonds is 8. The van der Waals surface area contributed by atoms with Crippen LogP contribution in [0.5, 0.6) is 0 Å². The topological polar surface area (TPSA) is 83.2 Å². The molecule has 2 aromatic heterocycles. The Balaban J connectivity index is 0.000000561. The monoisotopic (exact) mass is 511 g/mol. The van der Waals surface area contributed by atoms with Crippen molar-refractivity contribution < 1.29 is 18.8 Å². The molecule has 0 spiro atoms. The molecule has 1 N–H and O–H groups in total. The highest BCUT2D eigenvalue weighted by atomic mass is 16.6. The smallest absolute Gasteiger partial charge is 0.358 e. The van der Waals surface area contributed by atoms with E-state index in [9.17, 15) is 10.1 Å². The van der Waals surface area contributed by atoms with Gasteiger partial charge in [0.2, 0.25) is 6.33 Å². The summed E-state index contributed by atoms with van der Waals surface area (Å²) in [6, 6.07) is 1.80. The zero-order valence-electron chi connectivity index (χ0n) is 25.7. The Morgan fingerprint density at radius 3 is 1.72 bits per heavy atom. The normalized spacial score (nSPS) is 12.1. The Hall–Kier alpha value is -2.30. The molecular formula is C26H55N8O2+3. The van der Waals surface area contributed by atoms with Crippen molar-refractivity contribution in [2.75, 3.05) is 42.3 Å². The van der Waals surface area contributed by atoms with E-state index in [0.29, 0.717) is 28.8 Å². The van der Waals surface area contributed by atoms with Crippen LogP contribution >= 0.6 is 0 Å². The lowest BCUT2D eigenvalue weighted by atomic mass is 10.2. The average Bonchev–Trinajstić information content (AvgIpc) is 3.25. The minimum Gasteiger partial charge on any atom is -0.358 e. The predicted molar refractivity (Wildman–Crippen MR) is 148 cm³/mol. The van der Waals surface area contributed by atoms with Crippen molar-refractivity contribution in [3.63, 3.8) is 0 Å². The van der Waals surface area contributed by atoms with Crippen LogP contribution in [0.2, 0.25) is 0 Å². The molecule has 0 atom stereocenters. The summed E-state index contributed by atoms with van der Waals surface area (Å²) in [5.74, 6) is 1.05.